The highest BCUT2D eigenvalue weighted by molar-refractivity contribution is 7.07. The average molecular weight is 362 g/mol. The van der Waals surface area contributed by atoms with E-state index in [1.807, 2.05) is 25.1 Å². The topological polar surface area (TPSA) is 50.8 Å². The molecule has 0 saturated carbocycles. The van der Waals surface area contributed by atoms with E-state index >= 15 is 0 Å². The minimum atomic E-state index is -0.559. The van der Waals surface area contributed by atoms with Crippen molar-refractivity contribution in [1.29, 1.82) is 0 Å². The van der Waals surface area contributed by atoms with Crippen molar-refractivity contribution in [1.82, 2.24) is 10.2 Å². The van der Waals surface area contributed by atoms with E-state index < -0.39 is 6.10 Å². The van der Waals surface area contributed by atoms with Crippen molar-refractivity contribution in [2.75, 3.05) is 20.7 Å². The monoisotopic (exact) mass is 362 g/mol. The van der Waals surface area contributed by atoms with Gasteiger partial charge in [0.15, 0.2) is 17.6 Å². The molecule has 5 nitrogen and oxygen atoms in total. The third-order valence-electron chi connectivity index (χ3n) is 3.64. The standard InChI is InChI=1S/C19H26N2O3S/c1-5-23-18-10-15(11-20-12-16-8-9-25-13-16)6-7-17(18)24-14(2)19(22)21(3)4/h6-10,13-14,20H,5,11-12H2,1-4H3. The molecule has 1 aromatic carbocycles. The Kier molecular flexibility index (Phi) is 7.28. The van der Waals surface area contributed by atoms with E-state index in [9.17, 15) is 4.79 Å². The first-order valence-corrected chi connectivity index (χ1v) is 9.31. The van der Waals surface area contributed by atoms with E-state index in [2.05, 4.69) is 22.1 Å². The lowest BCUT2D eigenvalue weighted by molar-refractivity contribution is -0.135. The summed E-state index contributed by atoms with van der Waals surface area (Å²) < 4.78 is 11.5. The Hall–Kier alpha value is -2.05. The molecule has 1 amide bonds. The van der Waals surface area contributed by atoms with Gasteiger partial charge >= 0.3 is 0 Å². The third kappa shape index (κ3) is 5.76. The minimum Gasteiger partial charge on any atom is -0.490 e. The van der Waals surface area contributed by atoms with Gasteiger partial charge in [0.2, 0.25) is 0 Å². The molecule has 6 heteroatoms. The highest BCUT2D eigenvalue weighted by Gasteiger charge is 2.18. The fourth-order valence-corrected chi connectivity index (χ4v) is 3.05. The maximum absolute atomic E-state index is 12.0. The summed E-state index contributed by atoms with van der Waals surface area (Å²) in [4.78, 5) is 13.5. The number of ether oxygens (including phenoxy) is 2. The van der Waals surface area contributed by atoms with Gasteiger partial charge in [0.1, 0.15) is 0 Å². The van der Waals surface area contributed by atoms with Crippen molar-refractivity contribution in [3.63, 3.8) is 0 Å². The van der Waals surface area contributed by atoms with Gasteiger partial charge in [-0.1, -0.05) is 6.07 Å². The summed E-state index contributed by atoms with van der Waals surface area (Å²) in [5, 5.41) is 7.63. The highest BCUT2D eigenvalue weighted by Crippen LogP contribution is 2.29. The van der Waals surface area contributed by atoms with E-state index in [-0.39, 0.29) is 5.91 Å². The lowest BCUT2D eigenvalue weighted by atomic mass is 10.2. The minimum absolute atomic E-state index is 0.0797. The third-order valence-corrected chi connectivity index (χ3v) is 4.37. The Bertz CT molecular complexity index is 671. The van der Waals surface area contributed by atoms with E-state index in [4.69, 9.17) is 9.47 Å². The number of rotatable bonds is 9. The van der Waals surface area contributed by atoms with Gasteiger partial charge < -0.3 is 19.7 Å². The first kappa shape index (κ1) is 19.3. The van der Waals surface area contributed by atoms with Crippen LogP contribution in [0.2, 0.25) is 0 Å². The second-order valence-corrected chi connectivity index (χ2v) is 6.72. The molecule has 0 bridgehead atoms. The van der Waals surface area contributed by atoms with Crippen LogP contribution in [0.15, 0.2) is 35.0 Å². The van der Waals surface area contributed by atoms with Crippen LogP contribution >= 0.6 is 11.3 Å². The van der Waals surface area contributed by atoms with Crippen LogP contribution in [0.25, 0.3) is 0 Å². The Morgan fingerprint density at radius 1 is 1.20 bits per heavy atom. The van der Waals surface area contributed by atoms with Gasteiger partial charge in [-0.3, -0.25) is 4.79 Å². The Labute approximate surface area is 153 Å². The smallest absolute Gasteiger partial charge is 0.262 e. The molecule has 1 N–H and O–H groups in total. The summed E-state index contributed by atoms with van der Waals surface area (Å²) >= 11 is 1.70. The summed E-state index contributed by atoms with van der Waals surface area (Å²) in [7, 11) is 3.43. The predicted molar refractivity (Wildman–Crippen MR) is 101 cm³/mol. The van der Waals surface area contributed by atoms with Crippen LogP contribution in [0, 0.1) is 0 Å². The molecule has 0 aliphatic heterocycles. The van der Waals surface area contributed by atoms with Crippen molar-refractivity contribution in [3.05, 3.63) is 46.2 Å². The van der Waals surface area contributed by atoms with Gasteiger partial charge in [-0.2, -0.15) is 11.3 Å². The zero-order chi connectivity index (χ0) is 18.2. The molecular formula is C19H26N2O3S. The zero-order valence-electron chi connectivity index (χ0n) is 15.2. The highest BCUT2D eigenvalue weighted by atomic mass is 32.1. The molecule has 0 radical (unpaired) electrons. The second-order valence-electron chi connectivity index (χ2n) is 5.94. The van der Waals surface area contributed by atoms with E-state index in [1.165, 1.54) is 10.5 Å². The molecule has 0 aliphatic rings. The summed E-state index contributed by atoms with van der Waals surface area (Å²) in [6.45, 7) is 5.79. The number of carbonyl (C=O) groups excluding carboxylic acids is 1. The zero-order valence-corrected chi connectivity index (χ0v) is 16.1. The summed E-state index contributed by atoms with van der Waals surface area (Å²) in [5.74, 6) is 1.17. The molecule has 1 unspecified atom stereocenters. The van der Waals surface area contributed by atoms with E-state index in [0.29, 0.717) is 18.1 Å². The van der Waals surface area contributed by atoms with Gasteiger partial charge in [0.25, 0.3) is 5.91 Å². The number of nitrogens with zero attached hydrogens (tertiary/aromatic N) is 1. The van der Waals surface area contributed by atoms with Crippen LogP contribution < -0.4 is 14.8 Å². The van der Waals surface area contributed by atoms with Crippen molar-refractivity contribution in [2.24, 2.45) is 0 Å². The van der Waals surface area contributed by atoms with Gasteiger partial charge in [-0.15, -0.1) is 0 Å². The molecule has 0 fully saturated rings. The van der Waals surface area contributed by atoms with E-state index in [0.717, 1.165) is 18.7 Å². The number of likely N-dealkylation sites (N-methyl/N-ethyl adjacent to an activating group) is 1. The van der Waals surface area contributed by atoms with Crippen molar-refractivity contribution < 1.29 is 14.3 Å². The van der Waals surface area contributed by atoms with Gasteiger partial charge in [-0.05, 0) is 53.9 Å². The number of carbonyl (C=O) groups is 1. The average Bonchev–Trinajstić information content (AvgIpc) is 3.09. The van der Waals surface area contributed by atoms with Crippen molar-refractivity contribution >= 4 is 17.2 Å². The van der Waals surface area contributed by atoms with Gasteiger partial charge in [0.05, 0.1) is 6.61 Å². The van der Waals surface area contributed by atoms with Crippen molar-refractivity contribution in [2.45, 2.75) is 33.0 Å². The molecule has 25 heavy (non-hydrogen) atoms. The molecule has 0 saturated heterocycles. The molecule has 2 rings (SSSR count). The van der Waals surface area contributed by atoms with Crippen LogP contribution in [0.1, 0.15) is 25.0 Å². The quantitative estimate of drug-likeness (QED) is 0.744. The van der Waals surface area contributed by atoms with Gasteiger partial charge in [-0.25, -0.2) is 0 Å². The number of hydrogen-bond acceptors (Lipinski definition) is 5. The number of benzene rings is 1. The van der Waals surface area contributed by atoms with Crippen LogP contribution in [-0.2, 0) is 17.9 Å². The lowest BCUT2D eigenvalue weighted by Crippen LogP contribution is -2.35. The number of thiophene rings is 1. The molecule has 1 heterocycles. The maximum atomic E-state index is 12.0. The predicted octanol–water partition coefficient (Wildman–Crippen LogP) is 3.29. The molecule has 1 aromatic heterocycles. The lowest BCUT2D eigenvalue weighted by Gasteiger charge is -2.20. The Balaban J connectivity index is 2.01. The number of hydrogen-bond donors (Lipinski definition) is 1. The normalized spacial score (nSPS) is 11.8. The molecular weight excluding hydrogens is 336 g/mol. The Morgan fingerprint density at radius 3 is 2.60 bits per heavy atom. The molecule has 136 valence electrons. The van der Waals surface area contributed by atoms with Crippen LogP contribution in [-0.4, -0.2) is 37.6 Å². The van der Waals surface area contributed by atoms with Gasteiger partial charge in [0, 0.05) is 27.2 Å². The Morgan fingerprint density at radius 2 is 1.96 bits per heavy atom. The van der Waals surface area contributed by atoms with Crippen LogP contribution in [0.4, 0.5) is 0 Å². The van der Waals surface area contributed by atoms with Crippen LogP contribution in [0.3, 0.4) is 0 Å². The molecule has 1 atom stereocenters. The summed E-state index contributed by atoms with van der Waals surface area (Å²) in [6.07, 6.45) is -0.559. The first-order valence-electron chi connectivity index (χ1n) is 8.36. The summed E-state index contributed by atoms with van der Waals surface area (Å²) in [6, 6.07) is 7.94. The molecule has 0 aliphatic carbocycles. The van der Waals surface area contributed by atoms with Crippen molar-refractivity contribution in [3.8, 4) is 11.5 Å². The van der Waals surface area contributed by atoms with Crippen LogP contribution in [0.5, 0.6) is 11.5 Å². The maximum Gasteiger partial charge on any atom is 0.262 e. The number of amides is 1. The fraction of sp³-hybridized carbons (Fsp3) is 0.421. The van der Waals surface area contributed by atoms with E-state index in [1.54, 1.807) is 32.4 Å². The molecule has 0 spiro atoms. The second kappa shape index (κ2) is 9.44. The number of nitrogens with one attached hydrogen (secondary N) is 1. The summed E-state index contributed by atoms with van der Waals surface area (Å²) in [5.41, 5.74) is 2.39. The SMILES string of the molecule is CCOc1cc(CNCc2ccsc2)ccc1OC(C)C(=O)N(C)C. The largest absolute Gasteiger partial charge is 0.490 e. The fourth-order valence-electron chi connectivity index (χ4n) is 2.38. The first-order chi connectivity index (χ1) is 12.0. The molecule has 2 aromatic rings.